The number of aliphatic hydroxyl groups excluding tert-OH is 1. The van der Waals surface area contributed by atoms with E-state index in [9.17, 15) is 19.5 Å². The molecule has 10 heteroatoms. The number of hydrogen-bond acceptors (Lipinski definition) is 7. The van der Waals surface area contributed by atoms with Crippen LogP contribution < -0.4 is 0 Å². The van der Waals surface area contributed by atoms with Gasteiger partial charge in [-0.3, -0.25) is 19.3 Å². The minimum absolute atomic E-state index is 0.0502. The molecule has 236 valence electrons. The van der Waals surface area contributed by atoms with Gasteiger partial charge in [0.25, 0.3) is 0 Å². The van der Waals surface area contributed by atoms with Crippen molar-refractivity contribution in [2.24, 2.45) is 23.7 Å². The van der Waals surface area contributed by atoms with Crippen LogP contribution in [0, 0.1) is 23.7 Å². The van der Waals surface area contributed by atoms with Crippen LogP contribution in [0.25, 0.3) is 0 Å². The van der Waals surface area contributed by atoms with Crippen molar-refractivity contribution in [2.75, 3.05) is 65.6 Å². The molecule has 1 spiro atoms. The Morgan fingerprint density at radius 3 is 2.29 bits per heavy atom. The quantitative estimate of drug-likeness (QED) is 0.309. The Labute approximate surface area is 251 Å². The zero-order valence-electron chi connectivity index (χ0n) is 26.3. The minimum Gasteiger partial charge on any atom is -0.394 e. The van der Waals surface area contributed by atoms with Gasteiger partial charge in [0.05, 0.1) is 43.3 Å². The van der Waals surface area contributed by atoms with Crippen LogP contribution in [0.2, 0.25) is 0 Å². The lowest BCUT2D eigenvalue weighted by Crippen LogP contribution is -2.60. The number of rotatable bonds is 14. The Bertz CT molecular complexity index is 1030. The van der Waals surface area contributed by atoms with E-state index in [1.807, 2.05) is 27.7 Å². The summed E-state index contributed by atoms with van der Waals surface area (Å²) in [7, 11) is 0. The van der Waals surface area contributed by atoms with E-state index in [2.05, 4.69) is 25.0 Å². The molecule has 2 bridgehead atoms. The van der Waals surface area contributed by atoms with Crippen molar-refractivity contribution in [2.45, 2.75) is 70.7 Å². The average molecular weight is 589 g/mol. The van der Waals surface area contributed by atoms with Crippen LogP contribution in [0.15, 0.2) is 25.3 Å². The number of hydrogen-bond donors (Lipinski definition) is 1. The molecule has 4 heterocycles. The van der Waals surface area contributed by atoms with Crippen LogP contribution >= 0.6 is 0 Å². The second-order valence-electron chi connectivity index (χ2n) is 13.0. The van der Waals surface area contributed by atoms with E-state index in [0.717, 1.165) is 19.5 Å². The van der Waals surface area contributed by atoms with E-state index < -0.39 is 35.1 Å². The molecule has 42 heavy (non-hydrogen) atoms. The first kappa shape index (κ1) is 32.6. The summed E-state index contributed by atoms with van der Waals surface area (Å²) in [5.41, 5.74) is -2.05. The van der Waals surface area contributed by atoms with Gasteiger partial charge in [-0.2, -0.15) is 0 Å². The summed E-state index contributed by atoms with van der Waals surface area (Å²) in [5.74, 6) is -2.29. The lowest BCUT2D eigenvalue weighted by Gasteiger charge is -2.41. The zero-order chi connectivity index (χ0) is 30.8. The van der Waals surface area contributed by atoms with E-state index in [-0.39, 0.29) is 36.2 Å². The molecule has 4 rings (SSSR count). The van der Waals surface area contributed by atoms with Crippen LogP contribution in [0.5, 0.6) is 0 Å². The molecule has 1 N–H and O–H groups in total. The van der Waals surface area contributed by atoms with Crippen LogP contribution in [-0.4, -0.2) is 131 Å². The molecule has 0 saturated carbocycles. The van der Waals surface area contributed by atoms with Crippen molar-refractivity contribution in [3.63, 3.8) is 0 Å². The summed E-state index contributed by atoms with van der Waals surface area (Å²) < 4.78 is 12.4. The molecular weight excluding hydrogens is 536 g/mol. The number of carbonyl (C=O) groups is 3. The molecule has 0 radical (unpaired) electrons. The molecule has 0 aromatic carbocycles. The van der Waals surface area contributed by atoms with Crippen LogP contribution in [0.3, 0.4) is 0 Å². The highest BCUT2D eigenvalue weighted by molar-refractivity contribution is 5.99. The monoisotopic (exact) mass is 588 g/mol. The molecule has 3 unspecified atom stereocenters. The predicted octanol–water partition coefficient (Wildman–Crippen LogP) is 1.79. The molecule has 3 amide bonds. The lowest BCUT2D eigenvalue weighted by molar-refractivity contribution is -0.158. The number of carbonyl (C=O) groups excluding carboxylic acids is 3. The molecule has 0 aromatic heterocycles. The number of likely N-dealkylation sites (tertiary alicyclic amines) is 1. The maximum atomic E-state index is 14.7. The number of nitrogens with zero attached hydrogens (tertiary/aromatic N) is 4. The van der Waals surface area contributed by atoms with Gasteiger partial charge in [-0.15, -0.1) is 13.2 Å². The maximum Gasteiger partial charge on any atom is 0.248 e. The predicted molar refractivity (Wildman–Crippen MR) is 160 cm³/mol. The maximum absolute atomic E-state index is 14.7. The van der Waals surface area contributed by atoms with Gasteiger partial charge in [-0.05, 0) is 31.6 Å². The van der Waals surface area contributed by atoms with E-state index in [0.29, 0.717) is 52.4 Å². The number of fused-ring (bicyclic) bond motifs is 1. The van der Waals surface area contributed by atoms with E-state index >= 15 is 0 Å². The second kappa shape index (κ2) is 13.2. The second-order valence-corrected chi connectivity index (χ2v) is 13.0. The third-order valence-electron chi connectivity index (χ3n) is 10.2. The molecular formula is C32H52N4O6. The highest BCUT2D eigenvalue weighted by atomic mass is 16.5. The molecule has 0 aliphatic carbocycles. The number of amides is 3. The van der Waals surface area contributed by atoms with E-state index in [1.165, 1.54) is 0 Å². The molecule has 4 aliphatic heterocycles. The summed E-state index contributed by atoms with van der Waals surface area (Å²) in [4.78, 5) is 51.0. The normalized spacial score (nSPS) is 33.1. The molecule has 4 aliphatic rings. The summed E-state index contributed by atoms with van der Waals surface area (Å²) >= 11 is 0. The van der Waals surface area contributed by atoms with Crippen molar-refractivity contribution in [1.82, 2.24) is 19.6 Å². The van der Waals surface area contributed by atoms with E-state index in [4.69, 9.17) is 9.47 Å². The van der Waals surface area contributed by atoms with Crippen LogP contribution in [-0.2, 0) is 23.9 Å². The zero-order valence-corrected chi connectivity index (χ0v) is 26.3. The van der Waals surface area contributed by atoms with Gasteiger partial charge >= 0.3 is 0 Å². The summed E-state index contributed by atoms with van der Waals surface area (Å²) in [6.07, 6.45) is 4.69. The van der Waals surface area contributed by atoms with E-state index in [1.54, 1.807) is 26.9 Å². The first-order valence-corrected chi connectivity index (χ1v) is 15.7. The standard InChI is InChI=1S/C32H52N4O6/c1-8-11-34(12-9-2)28(38)25-26-29(39)36(24(21-37)22(4)5)27(32(26)20-23(6)31(25,7)42-32)30(40)35(13-10-3)15-14-33-16-18-41-19-17-33/h8,10,22-27,37H,1,3,9,11-21H2,2,4-7H3/t23?,24-,25-,26-,27?,31+,32?/m0/s1. The van der Waals surface area contributed by atoms with Gasteiger partial charge in [0.15, 0.2) is 0 Å². The first-order valence-electron chi connectivity index (χ1n) is 15.7. The molecule has 4 fully saturated rings. The van der Waals surface area contributed by atoms with Crippen molar-refractivity contribution in [1.29, 1.82) is 0 Å². The Morgan fingerprint density at radius 2 is 1.74 bits per heavy atom. The highest BCUT2D eigenvalue weighted by Crippen LogP contribution is 2.66. The third kappa shape index (κ3) is 5.44. The fourth-order valence-corrected chi connectivity index (χ4v) is 7.93. The van der Waals surface area contributed by atoms with Crippen LogP contribution in [0.4, 0.5) is 0 Å². The van der Waals surface area contributed by atoms with Gasteiger partial charge in [-0.1, -0.05) is 39.8 Å². The number of ether oxygens (including phenoxy) is 2. The summed E-state index contributed by atoms with van der Waals surface area (Å²) in [6, 6.07) is -1.53. The van der Waals surface area contributed by atoms with Crippen molar-refractivity contribution >= 4 is 17.7 Å². The number of aliphatic hydroxyl groups is 1. The molecule has 0 aromatic rings. The largest absolute Gasteiger partial charge is 0.394 e. The Hall–Kier alpha value is -2.27. The van der Waals surface area contributed by atoms with Crippen molar-refractivity contribution < 1.29 is 29.0 Å². The fourth-order valence-electron chi connectivity index (χ4n) is 7.93. The van der Waals surface area contributed by atoms with Gasteiger partial charge < -0.3 is 29.3 Å². The summed E-state index contributed by atoms with van der Waals surface area (Å²) in [5, 5.41) is 10.5. The van der Waals surface area contributed by atoms with Gasteiger partial charge in [0, 0.05) is 45.8 Å². The summed E-state index contributed by atoms with van der Waals surface area (Å²) in [6.45, 7) is 22.7. The first-order chi connectivity index (χ1) is 20.0. The Kier molecular flexibility index (Phi) is 10.2. The Morgan fingerprint density at radius 1 is 1.12 bits per heavy atom. The SMILES string of the molecule is C=CCN(CCN1CCOCC1)C(=O)C1N([C@@H](CO)C(C)C)C(=O)[C@@H]2[C@@H](C(=O)N(CC=C)CCC)[C@]3(C)OC12CC3C. The van der Waals surface area contributed by atoms with Crippen LogP contribution in [0.1, 0.15) is 47.5 Å². The number of morpholine rings is 1. The van der Waals surface area contributed by atoms with Crippen molar-refractivity contribution in [3.8, 4) is 0 Å². The smallest absolute Gasteiger partial charge is 0.248 e. The lowest BCUT2D eigenvalue weighted by atomic mass is 9.62. The van der Waals surface area contributed by atoms with Gasteiger partial charge in [0.1, 0.15) is 11.6 Å². The van der Waals surface area contributed by atoms with Gasteiger partial charge in [0.2, 0.25) is 17.7 Å². The molecule has 10 nitrogen and oxygen atoms in total. The third-order valence-corrected chi connectivity index (χ3v) is 10.2. The average Bonchev–Trinajstić information content (AvgIpc) is 3.47. The fraction of sp³-hybridized carbons (Fsp3) is 0.781. The Balaban J connectivity index is 1.77. The molecule has 7 atom stereocenters. The van der Waals surface area contributed by atoms with Gasteiger partial charge in [-0.25, -0.2) is 0 Å². The topological polar surface area (TPSA) is 103 Å². The minimum atomic E-state index is -1.16. The highest BCUT2D eigenvalue weighted by Gasteiger charge is 2.80. The molecule has 4 saturated heterocycles. The van der Waals surface area contributed by atoms with Crippen molar-refractivity contribution in [3.05, 3.63) is 25.3 Å².